The zero-order chi connectivity index (χ0) is 10.1. The van der Waals surface area contributed by atoms with Crippen LogP contribution in [0, 0.1) is 5.82 Å². The van der Waals surface area contributed by atoms with E-state index in [2.05, 4.69) is 0 Å². The van der Waals surface area contributed by atoms with Gasteiger partial charge in [0, 0.05) is 11.6 Å². The van der Waals surface area contributed by atoms with Gasteiger partial charge in [-0.3, -0.25) is 0 Å². The van der Waals surface area contributed by atoms with Crippen LogP contribution in [-0.2, 0) is 6.42 Å². The van der Waals surface area contributed by atoms with E-state index in [1.165, 1.54) is 6.07 Å². The van der Waals surface area contributed by atoms with E-state index in [0.717, 1.165) is 5.56 Å². The molecule has 0 saturated carbocycles. The van der Waals surface area contributed by atoms with Gasteiger partial charge in [0.25, 0.3) is 0 Å². The van der Waals surface area contributed by atoms with E-state index >= 15 is 0 Å². The van der Waals surface area contributed by atoms with Crippen LogP contribution in [0.1, 0.15) is 5.56 Å². The Balaban J connectivity index is 2.49. The Labute approximate surface area is 81.6 Å². The fraction of sp³-hybridized carbons (Fsp3) is 0.400. The molecule has 76 valence electrons. The highest BCUT2D eigenvalue weighted by molar-refractivity contribution is 5.47. The summed E-state index contributed by atoms with van der Waals surface area (Å²) in [5, 5.41) is 0. The first-order valence-electron chi connectivity index (χ1n) is 4.46. The molecule has 0 fully saturated rings. The second kappa shape index (κ2) is 3.46. The fourth-order valence-electron chi connectivity index (χ4n) is 1.63. The molecule has 0 saturated heterocycles. The van der Waals surface area contributed by atoms with Crippen molar-refractivity contribution in [1.82, 2.24) is 0 Å². The highest BCUT2D eigenvalue weighted by atomic mass is 19.1. The lowest BCUT2D eigenvalue weighted by atomic mass is 10.0. The van der Waals surface area contributed by atoms with Crippen molar-refractivity contribution in [3.63, 3.8) is 0 Å². The summed E-state index contributed by atoms with van der Waals surface area (Å²) < 4.78 is 23.6. The van der Waals surface area contributed by atoms with Crippen LogP contribution >= 0.6 is 0 Å². The van der Waals surface area contributed by atoms with Crippen LogP contribution in [0.3, 0.4) is 0 Å². The average molecular weight is 197 g/mol. The number of benzene rings is 1. The molecule has 0 unspecified atom stereocenters. The molecule has 1 aliphatic rings. The van der Waals surface area contributed by atoms with Crippen molar-refractivity contribution in [2.75, 3.05) is 13.7 Å². The lowest BCUT2D eigenvalue weighted by Crippen LogP contribution is -2.34. The van der Waals surface area contributed by atoms with Gasteiger partial charge >= 0.3 is 0 Å². The predicted molar refractivity (Wildman–Crippen MR) is 50.1 cm³/mol. The van der Waals surface area contributed by atoms with E-state index in [0.29, 0.717) is 18.8 Å². The number of fused-ring (bicyclic) bond motifs is 1. The Morgan fingerprint density at radius 1 is 1.57 bits per heavy atom. The van der Waals surface area contributed by atoms with Crippen molar-refractivity contribution < 1.29 is 13.9 Å². The zero-order valence-corrected chi connectivity index (χ0v) is 7.92. The fourth-order valence-corrected chi connectivity index (χ4v) is 1.63. The number of ether oxygens (including phenoxy) is 2. The van der Waals surface area contributed by atoms with Gasteiger partial charge in [0.05, 0.1) is 7.11 Å². The van der Waals surface area contributed by atoms with Crippen LogP contribution in [-0.4, -0.2) is 19.8 Å². The summed E-state index contributed by atoms with van der Waals surface area (Å²) in [5.74, 6) is 0.565. The summed E-state index contributed by atoms with van der Waals surface area (Å²) in [5.41, 5.74) is 6.45. The van der Waals surface area contributed by atoms with Crippen molar-refractivity contribution in [2.45, 2.75) is 12.5 Å². The third kappa shape index (κ3) is 1.42. The normalized spacial score (nSPS) is 19.8. The van der Waals surface area contributed by atoms with E-state index in [9.17, 15) is 4.39 Å². The molecule has 1 aromatic carbocycles. The lowest BCUT2D eigenvalue weighted by molar-refractivity contribution is 0.246. The van der Waals surface area contributed by atoms with Gasteiger partial charge in [-0.1, -0.05) is 0 Å². The maximum absolute atomic E-state index is 13.3. The summed E-state index contributed by atoms with van der Waals surface area (Å²) in [6.45, 7) is 0.358. The topological polar surface area (TPSA) is 44.5 Å². The molecule has 0 bridgehead atoms. The minimum Gasteiger partial charge on any atom is -0.496 e. The summed E-state index contributed by atoms with van der Waals surface area (Å²) in [6, 6.07) is 2.85. The SMILES string of the molecule is COc1ccc(F)c2c1C[C@@H](N)CO2. The molecule has 2 N–H and O–H groups in total. The Morgan fingerprint density at radius 3 is 3.07 bits per heavy atom. The van der Waals surface area contributed by atoms with Crippen LogP contribution in [0.4, 0.5) is 4.39 Å². The minimum absolute atomic E-state index is 0.0850. The molecule has 1 aliphatic heterocycles. The highest BCUT2D eigenvalue weighted by Gasteiger charge is 2.23. The predicted octanol–water partition coefficient (Wildman–Crippen LogP) is 1.10. The third-order valence-corrected chi connectivity index (χ3v) is 2.30. The molecule has 0 aliphatic carbocycles. The molecule has 14 heavy (non-hydrogen) atoms. The summed E-state index contributed by atoms with van der Waals surface area (Å²) in [4.78, 5) is 0. The van der Waals surface area contributed by atoms with Crippen molar-refractivity contribution in [2.24, 2.45) is 5.73 Å². The quantitative estimate of drug-likeness (QED) is 0.733. The maximum Gasteiger partial charge on any atom is 0.165 e. The summed E-state index contributed by atoms with van der Waals surface area (Å²) in [6.07, 6.45) is 0.594. The molecule has 0 amide bonds. The Bertz CT molecular complexity index is 354. The largest absolute Gasteiger partial charge is 0.496 e. The van der Waals surface area contributed by atoms with Gasteiger partial charge in [0.2, 0.25) is 0 Å². The first kappa shape index (κ1) is 9.27. The van der Waals surface area contributed by atoms with E-state index in [1.807, 2.05) is 0 Å². The van der Waals surface area contributed by atoms with Crippen molar-refractivity contribution in [3.8, 4) is 11.5 Å². The number of rotatable bonds is 1. The van der Waals surface area contributed by atoms with Crippen molar-refractivity contribution >= 4 is 0 Å². The highest BCUT2D eigenvalue weighted by Crippen LogP contribution is 2.34. The maximum atomic E-state index is 13.3. The van der Waals surface area contributed by atoms with Gasteiger partial charge in [-0.2, -0.15) is 0 Å². The van der Waals surface area contributed by atoms with Crippen LogP contribution in [0.25, 0.3) is 0 Å². The van der Waals surface area contributed by atoms with Crippen molar-refractivity contribution in [1.29, 1.82) is 0 Å². The Morgan fingerprint density at radius 2 is 2.36 bits per heavy atom. The standard InChI is InChI=1S/C10H12FNO2/c1-13-9-3-2-8(11)10-7(9)4-6(12)5-14-10/h2-3,6H,4-5,12H2,1H3/t6-/m1/s1. The first-order valence-corrected chi connectivity index (χ1v) is 4.46. The van der Waals surface area contributed by atoms with Gasteiger partial charge in [-0.25, -0.2) is 4.39 Å². The molecule has 4 heteroatoms. The third-order valence-electron chi connectivity index (χ3n) is 2.30. The smallest absolute Gasteiger partial charge is 0.165 e. The second-order valence-electron chi connectivity index (χ2n) is 3.33. The van der Waals surface area contributed by atoms with Crippen LogP contribution in [0.5, 0.6) is 11.5 Å². The van der Waals surface area contributed by atoms with Gasteiger partial charge in [-0.05, 0) is 18.6 Å². The van der Waals surface area contributed by atoms with Gasteiger partial charge < -0.3 is 15.2 Å². The summed E-state index contributed by atoms with van der Waals surface area (Å²) in [7, 11) is 1.55. The molecule has 3 nitrogen and oxygen atoms in total. The zero-order valence-electron chi connectivity index (χ0n) is 7.92. The monoisotopic (exact) mass is 197 g/mol. The number of hydrogen-bond acceptors (Lipinski definition) is 3. The van der Waals surface area contributed by atoms with Crippen LogP contribution in [0.2, 0.25) is 0 Å². The molecule has 0 aromatic heterocycles. The molecule has 0 spiro atoms. The van der Waals surface area contributed by atoms with E-state index in [-0.39, 0.29) is 17.6 Å². The Kier molecular flexibility index (Phi) is 2.29. The molecule has 0 radical (unpaired) electrons. The van der Waals surface area contributed by atoms with E-state index in [1.54, 1.807) is 13.2 Å². The lowest BCUT2D eigenvalue weighted by Gasteiger charge is -2.24. The van der Waals surface area contributed by atoms with Gasteiger partial charge in [-0.15, -0.1) is 0 Å². The molecular formula is C10H12FNO2. The molecule has 1 atom stereocenters. The van der Waals surface area contributed by atoms with Crippen molar-refractivity contribution in [3.05, 3.63) is 23.5 Å². The molecule has 1 heterocycles. The molecular weight excluding hydrogens is 185 g/mol. The van der Waals surface area contributed by atoms with E-state index in [4.69, 9.17) is 15.2 Å². The minimum atomic E-state index is -0.354. The molecule has 1 aromatic rings. The average Bonchev–Trinajstić information content (AvgIpc) is 2.18. The van der Waals surface area contributed by atoms with Gasteiger partial charge in [0.15, 0.2) is 11.6 Å². The van der Waals surface area contributed by atoms with Crippen LogP contribution < -0.4 is 15.2 Å². The number of methoxy groups -OCH3 is 1. The summed E-state index contributed by atoms with van der Waals surface area (Å²) >= 11 is 0. The number of nitrogens with two attached hydrogens (primary N) is 1. The molecule has 2 rings (SSSR count). The van der Waals surface area contributed by atoms with Crippen LogP contribution in [0.15, 0.2) is 12.1 Å². The first-order chi connectivity index (χ1) is 6.72. The number of halogens is 1. The van der Waals surface area contributed by atoms with E-state index < -0.39 is 0 Å². The Hall–Kier alpha value is -1.29. The second-order valence-corrected chi connectivity index (χ2v) is 3.33. The number of hydrogen-bond donors (Lipinski definition) is 1. The van der Waals surface area contributed by atoms with Gasteiger partial charge in [0.1, 0.15) is 12.4 Å².